The van der Waals surface area contributed by atoms with Crippen LogP contribution in [0.15, 0.2) is 30.7 Å². The largest absolute Gasteiger partial charge is 0.319 e. The molecule has 4 heteroatoms. The number of aromatic nitrogens is 2. The number of rotatable bonds is 1. The van der Waals surface area contributed by atoms with Crippen molar-refractivity contribution in [2.45, 2.75) is 12.8 Å². The van der Waals surface area contributed by atoms with Gasteiger partial charge in [-0.2, -0.15) is 0 Å². The smallest absolute Gasteiger partial charge is 0.116 e. The van der Waals surface area contributed by atoms with Crippen molar-refractivity contribution in [3.63, 3.8) is 0 Å². The van der Waals surface area contributed by atoms with Crippen molar-refractivity contribution >= 4 is 23.3 Å². The Morgan fingerprint density at radius 3 is 2.81 bits per heavy atom. The highest BCUT2D eigenvalue weighted by molar-refractivity contribution is 7.71. The molecule has 0 saturated carbocycles. The molecule has 0 N–H and O–H groups in total. The molecule has 0 atom stereocenters. The van der Waals surface area contributed by atoms with Crippen molar-refractivity contribution in [2.75, 3.05) is 12.3 Å². The summed E-state index contributed by atoms with van der Waals surface area (Å²) in [4.78, 5) is 8.17. The van der Waals surface area contributed by atoms with Gasteiger partial charge in [0.1, 0.15) is 13.5 Å². The standard InChI is InChI=1S/C12H13N2OP/c15-16(5-1-2-6-16)11-3-4-12-10(7-11)8-13-9-14-12/h3-4,7-9H,1-2,5-6H2. The highest BCUT2D eigenvalue weighted by Gasteiger charge is 2.28. The molecule has 0 amide bonds. The van der Waals surface area contributed by atoms with E-state index in [2.05, 4.69) is 9.97 Å². The zero-order valence-corrected chi connectivity index (χ0v) is 9.86. The van der Waals surface area contributed by atoms with Gasteiger partial charge in [-0.15, -0.1) is 0 Å². The molecule has 2 heterocycles. The number of benzene rings is 1. The lowest BCUT2D eigenvalue weighted by atomic mass is 10.2. The summed E-state index contributed by atoms with van der Waals surface area (Å²) in [7, 11) is -2.08. The minimum absolute atomic E-state index is 0.867. The Bertz CT molecular complexity index is 572. The van der Waals surface area contributed by atoms with Crippen molar-refractivity contribution in [1.29, 1.82) is 0 Å². The van der Waals surface area contributed by atoms with E-state index < -0.39 is 7.14 Å². The summed E-state index contributed by atoms with van der Waals surface area (Å²) in [6.07, 6.45) is 7.26. The van der Waals surface area contributed by atoms with Crippen LogP contribution < -0.4 is 5.30 Å². The molecule has 82 valence electrons. The van der Waals surface area contributed by atoms with Crippen LogP contribution in [0.2, 0.25) is 0 Å². The van der Waals surface area contributed by atoms with Crippen molar-refractivity contribution in [1.82, 2.24) is 9.97 Å². The van der Waals surface area contributed by atoms with Crippen molar-refractivity contribution in [3.05, 3.63) is 30.7 Å². The quantitative estimate of drug-likeness (QED) is 0.709. The molecule has 0 aliphatic carbocycles. The summed E-state index contributed by atoms with van der Waals surface area (Å²) in [5.41, 5.74) is 0.921. The third-order valence-corrected chi connectivity index (χ3v) is 6.54. The van der Waals surface area contributed by atoms with E-state index in [1.807, 2.05) is 18.2 Å². The zero-order valence-electron chi connectivity index (χ0n) is 8.97. The lowest BCUT2D eigenvalue weighted by molar-refractivity contribution is 0.585. The number of fused-ring (bicyclic) bond motifs is 1. The fraction of sp³-hybridized carbons (Fsp3) is 0.333. The first-order chi connectivity index (χ1) is 7.78. The molecule has 1 aromatic heterocycles. The second kappa shape index (κ2) is 3.67. The molecule has 16 heavy (non-hydrogen) atoms. The summed E-state index contributed by atoms with van der Waals surface area (Å²) < 4.78 is 12.6. The molecular formula is C12H13N2OP. The Balaban J connectivity index is 2.15. The van der Waals surface area contributed by atoms with Crippen LogP contribution in [-0.4, -0.2) is 22.3 Å². The van der Waals surface area contributed by atoms with E-state index in [0.29, 0.717) is 0 Å². The predicted octanol–water partition coefficient (Wildman–Crippen LogP) is 2.41. The van der Waals surface area contributed by atoms with Crippen LogP contribution in [-0.2, 0) is 4.57 Å². The average Bonchev–Trinajstić information content (AvgIpc) is 2.77. The molecule has 1 aliphatic heterocycles. The van der Waals surface area contributed by atoms with Gasteiger partial charge in [0.25, 0.3) is 0 Å². The minimum Gasteiger partial charge on any atom is -0.319 e. The highest BCUT2D eigenvalue weighted by atomic mass is 31.2. The lowest BCUT2D eigenvalue weighted by Gasteiger charge is -2.11. The van der Waals surface area contributed by atoms with Gasteiger partial charge in [0.05, 0.1) is 5.52 Å². The molecule has 1 fully saturated rings. The maximum Gasteiger partial charge on any atom is 0.116 e. The molecule has 0 bridgehead atoms. The van der Waals surface area contributed by atoms with Gasteiger partial charge in [0.15, 0.2) is 0 Å². The number of hydrogen-bond donors (Lipinski definition) is 0. The maximum atomic E-state index is 12.6. The van der Waals surface area contributed by atoms with Gasteiger partial charge in [0, 0.05) is 29.2 Å². The molecule has 1 aliphatic rings. The average molecular weight is 232 g/mol. The van der Waals surface area contributed by atoms with Gasteiger partial charge in [0.2, 0.25) is 0 Å². The van der Waals surface area contributed by atoms with Crippen LogP contribution in [0, 0.1) is 0 Å². The highest BCUT2D eigenvalue weighted by Crippen LogP contribution is 2.50. The Morgan fingerprint density at radius 2 is 2.00 bits per heavy atom. The van der Waals surface area contributed by atoms with E-state index >= 15 is 0 Å². The van der Waals surface area contributed by atoms with Crippen LogP contribution >= 0.6 is 7.14 Å². The third kappa shape index (κ3) is 1.56. The molecule has 0 unspecified atom stereocenters. The van der Waals surface area contributed by atoms with Crippen molar-refractivity contribution < 1.29 is 4.57 Å². The summed E-state index contributed by atoms with van der Waals surface area (Å²) >= 11 is 0. The summed E-state index contributed by atoms with van der Waals surface area (Å²) in [5, 5.41) is 1.99. The van der Waals surface area contributed by atoms with Crippen LogP contribution in [0.5, 0.6) is 0 Å². The third-order valence-electron chi connectivity index (χ3n) is 3.25. The Labute approximate surface area is 94.3 Å². The number of hydrogen-bond acceptors (Lipinski definition) is 3. The zero-order chi connectivity index (χ0) is 11.0. The van der Waals surface area contributed by atoms with Gasteiger partial charge < -0.3 is 4.57 Å². The SMILES string of the molecule is O=P1(c2ccc3ncncc3c2)CCCC1. The molecule has 1 saturated heterocycles. The number of nitrogens with zero attached hydrogens (tertiary/aromatic N) is 2. The van der Waals surface area contributed by atoms with Crippen molar-refractivity contribution in [3.8, 4) is 0 Å². The monoisotopic (exact) mass is 232 g/mol. The normalized spacial score (nSPS) is 19.0. The van der Waals surface area contributed by atoms with Crippen LogP contribution in [0.3, 0.4) is 0 Å². The Morgan fingerprint density at radius 1 is 1.19 bits per heavy atom. The summed E-state index contributed by atoms with van der Waals surface area (Å²) in [6, 6.07) is 5.92. The summed E-state index contributed by atoms with van der Waals surface area (Å²) in [5.74, 6) is 0. The fourth-order valence-corrected chi connectivity index (χ4v) is 5.26. The molecule has 0 radical (unpaired) electrons. The molecule has 3 nitrogen and oxygen atoms in total. The first-order valence-corrected chi connectivity index (χ1v) is 7.64. The topological polar surface area (TPSA) is 42.9 Å². The predicted molar refractivity (Wildman–Crippen MR) is 65.7 cm³/mol. The van der Waals surface area contributed by atoms with Crippen LogP contribution in [0.25, 0.3) is 10.9 Å². The van der Waals surface area contributed by atoms with E-state index in [9.17, 15) is 4.57 Å². The first-order valence-electron chi connectivity index (χ1n) is 5.56. The van der Waals surface area contributed by atoms with Gasteiger partial charge in [-0.3, -0.25) is 0 Å². The van der Waals surface area contributed by atoms with Gasteiger partial charge in [-0.1, -0.05) is 0 Å². The van der Waals surface area contributed by atoms with Gasteiger partial charge in [-0.05, 0) is 31.0 Å². The molecular weight excluding hydrogens is 219 g/mol. The fourth-order valence-electron chi connectivity index (χ4n) is 2.33. The molecule has 3 rings (SSSR count). The van der Waals surface area contributed by atoms with E-state index in [1.54, 1.807) is 12.5 Å². The van der Waals surface area contributed by atoms with E-state index in [0.717, 1.165) is 41.4 Å². The molecule has 0 spiro atoms. The lowest BCUT2D eigenvalue weighted by Crippen LogP contribution is -2.06. The molecule has 1 aromatic carbocycles. The summed E-state index contributed by atoms with van der Waals surface area (Å²) in [6.45, 7) is 0. The second-order valence-electron chi connectivity index (χ2n) is 4.31. The van der Waals surface area contributed by atoms with Crippen LogP contribution in [0.4, 0.5) is 0 Å². The van der Waals surface area contributed by atoms with E-state index in [1.165, 1.54) is 0 Å². The maximum absolute atomic E-state index is 12.6. The Kier molecular flexibility index (Phi) is 2.29. The van der Waals surface area contributed by atoms with Crippen molar-refractivity contribution in [2.24, 2.45) is 0 Å². The van der Waals surface area contributed by atoms with E-state index in [-0.39, 0.29) is 0 Å². The van der Waals surface area contributed by atoms with Gasteiger partial charge >= 0.3 is 0 Å². The Hall–Kier alpha value is -1.21. The second-order valence-corrected chi connectivity index (χ2v) is 7.50. The molecule has 2 aromatic rings. The first kappa shape index (κ1) is 9.98. The minimum atomic E-state index is -2.08. The van der Waals surface area contributed by atoms with Gasteiger partial charge in [-0.25, -0.2) is 9.97 Å². The van der Waals surface area contributed by atoms with Crippen LogP contribution in [0.1, 0.15) is 12.8 Å². The van der Waals surface area contributed by atoms with E-state index in [4.69, 9.17) is 0 Å².